The van der Waals surface area contributed by atoms with Crippen molar-refractivity contribution in [3.8, 4) is 0 Å². The number of hydrogen-bond acceptors (Lipinski definition) is 5. The molecule has 0 radical (unpaired) electrons. The molecule has 8 heteroatoms. The minimum absolute atomic E-state index is 0.0343. The van der Waals surface area contributed by atoms with Crippen molar-refractivity contribution in [1.82, 2.24) is 9.13 Å². The molecule has 0 fully saturated rings. The number of hydrogen-bond donors (Lipinski definition) is 3. The van der Waals surface area contributed by atoms with E-state index in [0.717, 1.165) is 4.57 Å². The molecule has 1 heterocycles. The van der Waals surface area contributed by atoms with Crippen LogP contribution in [0.5, 0.6) is 0 Å². The minimum Gasteiger partial charge on any atom is -0.399 e. The van der Waals surface area contributed by atoms with Gasteiger partial charge in [0.15, 0.2) is 0 Å². The van der Waals surface area contributed by atoms with Gasteiger partial charge in [0.05, 0.1) is 0 Å². The third kappa shape index (κ3) is 3.73. The highest BCUT2D eigenvalue weighted by atomic mass is 16.2. The molecule has 2 aromatic rings. The molecule has 1 amide bonds. The van der Waals surface area contributed by atoms with E-state index in [1.165, 1.54) is 4.57 Å². The van der Waals surface area contributed by atoms with Crippen LogP contribution >= 0.6 is 0 Å². The predicted molar refractivity (Wildman–Crippen MR) is 98.8 cm³/mol. The highest BCUT2D eigenvalue weighted by Gasteiger charge is 2.19. The van der Waals surface area contributed by atoms with E-state index in [9.17, 15) is 14.4 Å². The van der Waals surface area contributed by atoms with E-state index >= 15 is 0 Å². The molecule has 0 unspecified atom stereocenters. The Hall–Kier alpha value is -3.03. The van der Waals surface area contributed by atoms with Crippen molar-refractivity contribution >= 4 is 23.1 Å². The Balaban J connectivity index is 2.52. The summed E-state index contributed by atoms with van der Waals surface area (Å²) in [4.78, 5) is 37.5. The first-order chi connectivity index (χ1) is 11.9. The van der Waals surface area contributed by atoms with Gasteiger partial charge in [-0.2, -0.15) is 0 Å². The summed E-state index contributed by atoms with van der Waals surface area (Å²) in [7, 11) is 0. The van der Waals surface area contributed by atoms with Gasteiger partial charge in [0, 0.05) is 24.3 Å². The summed E-state index contributed by atoms with van der Waals surface area (Å²) in [5.74, 6) is -0.526. The third-order valence-electron chi connectivity index (χ3n) is 3.77. The van der Waals surface area contributed by atoms with Gasteiger partial charge in [-0.1, -0.05) is 13.8 Å². The van der Waals surface area contributed by atoms with Crippen molar-refractivity contribution in [1.29, 1.82) is 0 Å². The Kier molecular flexibility index (Phi) is 5.63. The second kappa shape index (κ2) is 7.69. The number of nitrogens with one attached hydrogen (secondary N) is 1. The van der Waals surface area contributed by atoms with Crippen LogP contribution in [-0.4, -0.2) is 15.0 Å². The van der Waals surface area contributed by atoms with E-state index in [1.807, 2.05) is 13.8 Å². The van der Waals surface area contributed by atoms with E-state index in [1.54, 1.807) is 24.3 Å². The number of benzene rings is 1. The molecule has 0 atom stereocenters. The number of amides is 1. The predicted octanol–water partition coefficient (Wildman–Crippen LogP) is 1.25. The second-order valence-corrected chi connectivity index (χ2v) is 5.73. The fourth-order valence-corrected chi connectivity index (χ4v) is 2.51. The van der Waals surface area contributed by atoms with Crippen molar-refractivity contribution in [2.75, 3.05) is 16.8 Å². The molecule has 2 rings (SSSR count). The minimum atomic E-state index is -0.597. The number of nitrogens with zero attached hydrogens (tertiary/aromatic N) is 2. The fraction of sp³-hybridized carbons (Fsp3) is 0.353. The highest BCUT2D eigenvalue weighted by Crippen LogP contribution is 2.14. The lowest BCUT2D eigenvalue weighted by Crippen LogP contribution is -2.42. The molecule has 0 spiro atoms. The number of nitrogens with two attached hydrogens (primary N) is 2. The number of carbonyl (C=O) groups is 1. The summed E-state index contributed by atoms with van der Waals surface area (Å²) in [6.07, 6.45) is 1.27. The van der Waals surface area contributed by atoms with Gasteiger partial charge in [0.2, 0.25) is 0 Å². The first-order valence-electron chi connectivity index (χ1n) is 8.20. The van der Waals surface area contributed by atoms with Crippen LogP contribution in [0.15, 0.2) is 33.9 Å². The zero-order valence-electron chi connectivity index (χ0n) is 14.4. The highest BCUT2D eigenvalue weighted by molar-refractivity contribution is 6.05. The maximum Gasteiger partial charge on any atom is 0.332 e. The third-order valence-corrected chi connectivity index (χ3v) is 3.77. The van der Waals surface area contributed by atoms with Crippen molar-refractivity contribution in [2.24, 2.45) is 0 Å². The van der Waals surface area contributed by atoms with E-state index in [2.05, 4.69) is 5.32 Å². The smallest absolute Gasteiger partial charge is 0.332 e. The lowest BCUT2D eigenvalue weighted by molar-refractivity contribution is 0.102. The Morgan fingerprint density at radius 1 is 1.00 bits per heavy atom. The van der Waals surface area contributed by atoms with Gasteiger partial charge in [0.1, 0.15) is 11.5 Å². The molecule has 0 aliphatic carbocycles. The van der Waals surface area contributed by atoms with Crippen LogP contribution in [0.4, 0.5) is 17.2 Å². The molecule has 5 N–H and O–H groups in total. The van der Waals surface area contributed by atoms with Crippen LogP contribution < -0.4 is 28.0 Å². The molecule has 0 aliphatic heterocycles. The standard InChI is InChI=1S/C17H23N5O3/c1-3-9-21-14(19)13(16(24)22(10-4-2)17(21)25)20-15(23)11-5-7-12(18)8-6-11/h5-8H,3-4,9-10,18-19H2,1-2H3,(H,20,23). The topological polar surface area (TPSA) is 125 Å². The summed E-state index contributed by atoms with van der Waals surface area (Å²) in [5, 5.41) is 2.54. The van der Waals surface area contributed by atoms with Gasteiger partial charge in [-0.15, -0.1) is 0 Å². The molecule has 8 nitrogen and oxygen atoms in total. The monoisotopic (exact) mass is 345 g/mol. The van der Waals surface area contributed by atoms with Gasteiger partial charge >= 0.3 is 5.69 Å². The van der Waals surface area contributed by atoms with E-state index < -0.39 is 17.2 Å². The SMILES string of the molecule is CCCn1c(N)c(NC(=O)c2ccc(N)cc2)c(=O)n(CCC)c1=O. The maximum absolute atomic E-state index is 12.6. The number of nitrogen functional groups attached to an aromatic ring is 2. The number of anilines is 3. The van der Waals surface area contributed by atoms with Gasteiger partial charge in [0.25, 0.3) is 11.5 Å². The molecular formula is C17H23N5O3. The van der Waals surface area contributed by atoms with Crippen molar-refractivity contribution in [3.63, 3.8) is 0 Å². The second-order valence-electron chi connectivity index (χ2n) is 5.73. The lowest BCUT2D eigenvalue weighted by atomic mass is 10.2. The Bertz CT molecular complexity index is 881. The zero-order chi connectivity index (χ0) is 18.6. The quantitative estimate of drug-likeness (QED) is 0.679. The summed E-state index contributed by atoms with van der Waals surface area (Å²) >= 11 is 0. The number of carbonyl (C=O) groups excluding carboxylic acids is 1. The molecule has 0 bridgehead atoms. The van der Waals surface area contributed by atoms with Gasteiger partial charge in [-0.25, -0.2) is 4.79 Å². The Morgan fingerprint density at radius 3 is 2.12 bits per heavy atom. The fourth-order valence-electron chi connectivity index (χ4n) is 2.51. The van der Waals surface area contributed by atoms with Crippen LogP contribution in [0.2, 0.25) is 0 Å². The average Bonchev–Trinajstić information content (AvgIpc) is 2.60. The van der Waals surface area contributed by atoms with E-state index in [0.29, 0.717) is 30.6 Å². The normalized spacial score (nSPS) is 10.6. The molecule has 0 saturated carbocycles. The van der Waals surface area contributed by atoms with Gasteiger partial charge in [-0.3, -0.25) is 18.7 Å². The molecule has 134 valence electrons. The molecule has 0 aliphatic rings. The lowest BCUT2D eigenvalue weighted by Gasteiger charge is -2.16. The van der Waals surface area contributed by atoms with Crippen molar-refractivity contribution < 1.29 is 4.79 Å². The van der Waals surface area contributed by atoms with Crippen LogP contribution in [0.25, 0.3) is 0 Å². The largest absolute Gasteiger partial charge is 0.399 e. The first kappa shape index (κ1) is 18.3. The van der Waals surface area contributed by atoms with E-state index in [-0.39, 0.29) is 18.1 Å². The molecule has 1 aromatic heterocycles. The average molecular weight is 345 g/mol. The van der Waals surface area contributed by atoms with Crippen LogP contribution in [0.1, 0.15) is 37.0 Å². The van der Waals surface area contributed by atoms with Crippen LogP contribution in [0, 0.1) is 0 Å². The van der Waals surface area contributed by atoms with Gasteiger partial charge < -0.3 is 16.8 Å². The van der Waals surface area contributed by atoms with Crippen molar-refractivity contribution in [3.05, 3.63) is 50.7 Å². The summed E-state index contributed by atoms with van der Waals surface area (Å²) in [5.41, 5.74) is 11.3. The number of rotatable bonds is 6. The number of aromatic nitrogens is 2. The van der Waals surface area contributed by atoms with Gasteiger partial charge in [-0.05, 0) is 37.1 Å². The van der Waals surface area contributed by atoms with Crippen molar-refractivity contribution in [2.45, 2.75) is 39.8 Å². The summed E-state index contributed by atoms with van der Waals surface area (Å²) < 4.78 is 2.42. The summed E-state index contributed by atoms with van der Waals surface area (Å²) in [6.45, 7) is 4.37. The molecule has 25 heavy (non-hydrogen) atoms. The zero-order valence-corrected chi connectivity index (χ0v) is 14.4. The van der Waals surface area contributed by atoms with Crippen LogP contribution in [0.3, 0.4) is 0 Å². The van der Waals surface area contributed by atoms with E-state index in [4.69, 9.17) is 11.5 Å². The Morgan fingerprint density at radius 2 is 1.56 bits per heavy atom. The molecule has 0 saturated heterocycles. The molecular weight excluding hydrogens is 322 g/mol. The Labute approximate surface area is 145 Å². The van der Waals surface area contributed by atoms with Crippen LogP contribution in [-0.2, 0) is 13.1 Å². The summed E-state index contributed by atoms with van der Waals surface area (Å²) in [6, 6.07) is 6.28. The first-order valence-corrected chi connectivity index (χ1v) is 8.20. The molecule has 1 aromatic carbocycles. The maximum atomic E-state index is 12.6.